The number of rotatable bonds is 4. The Morgan fingerprint density at radius 1 is 1.35 bits per heavy atom. The molecule has 0 saturated heterocycles. The van der Waals surface area contributed by atoms with Crippen LogP contribution in [0.1, 0.15) is 13.8 Å². The average Bonchev–Trinajstić information content (AvgIpc) is 2.31. The van der Waals surface area contributed by atoms with Crippen LogP contribution in [0.15, 0.2) is 12.1 Å². The Labute approximate surface area is 118 Å². The Kier molecular flexibility index (Phi) is 4.88. The van der Waals surface area contributed by atoms with Crippen molar-refractivity contribution in [1.82, 2.24) is 5.32 Å². The zero-order valence-electron chi connectivity index (χ0n) is 10.8. The lowest BCUT2D eigenvalue weighted by Gasteiger charge is -2.19. The van der Waals surface area contributed by atoms with Crippen LogP contribution in [-0.2, 0) is 4.79 Å². The highest BCUT2D eigenvalue weighted by Gasteiger charge is 2.27. The molecule has 1 aromatic carbocycles. The van der Waals surface area contributed by atoms with E-state index in [4.69, 9.17) is 16.7 Å². The van der Waals surface area contributed by atoms with E-state index in [9.17, 15) is 18.4 Å². The summed E-state index contributed by atoms with van der Waals surface area (Å²) in [6, 6.07) is 0.580. The van der Waals surface area contributed by atoms with Gasteiger partial charge in [0, 0.05) is 12.6 Å². The Morgan fingerprint density at radius 3 is 2.45 bits per heavy atom. The fraction of sp³-hybridized carbons (Fsp3) is 0.333. The Morgan fingerprint density at radius 2 is 1.95 bits per heavy atom. The van der Waals surface area contributed by atoms with Gasteiger partial charge in [0.2, 0.25) is 0 Å². The van der Waals surface area contributed by atoms with Crippen molar-refractivity contribution in [3.8, 4) is 0 Å². The van der Waals surface area contributed by atoms with Gasteiger partial charge in [-0.3, -0.25) is 4.79 Å². The van der Waals surface area contributed by atoms with Gasteiger partial charge in [-0.25, -0.2) is 13.6 Å². The van der Waals surface area contributed by atoms with Crippen LogP contribution in [0.2, 0.25) is 5.02 Å². The summed E-state index contributed by atoms with van der Waals surface area (Å²) in [5.74, 6) is -2.99. The smallest absolute Gasteiger partial charge is 0.319 e. The molecule has 0 aromatic heterocycles. The first-order valence-corrected chi connectivity index (χ1v) is 5.94. The van der Waals surface area contributed by atoms with Crippen LogP contribution in [-0.4, -0.2) is 23.7 Å². The number of urea groups is 1. The minimum absolute atomic E-state index is 0.172. The summed E-state index contributed by atoms with van der Waals surface area (Å²) in [6.45, 7) is 2.66. The van der Waals surface area contributed by atoms with Crippen LogP contribution in [0.3, 0.4) is 0 Å². The van der Waals surface area contributed by atoms with Gasteiger partial charge in [-0.05, 0) is 19.9 Å². The molecule has 0 unspecified atom stereocenters. The first kappa shape index (κ1) is 16.2. The Bertz CT molecular complexity index is 526. The number of hydrogen-bond donors (Lipinski definition) is 3. The van der Waals surface area contributed by atoms with Crippen molar-refractivity contribution >= 4 is 29.3 Å². The van der Waals surface area contributed by atoms with Gasteiger partial charge in [0.15, 0.2) is 5.82 Å². The molecule has 3 N–H and O–H groups in total. The van der Waals surface area contributed by atoms with E-state index in [2.05, 4.69) is 10.6 Å². The summed E-state index contributed by atoms with van der Waals surface area (Å²) >= 11 is 5.60. The van der Waals surface area contributed by atoms with Crippen molar-refractivity contribution in [3.63, 3.8) is 0 Å². The fourth-order valence-corrected chi connectivity index (χ4v) is 1.44. The minimum atomic E-state index is -1.18. The van der Waals surface area contributed by atoms with Crippen molar-refractivity contribution in [2.75, 3.05) is 11.9 Å². The van der Waals surface area contributed by atoms with Crippen molar-refractivity contribution in [1.29, 1.82) is 0 Å². The molecule has 0 saturated carbocycles. The molecule has 0 aliphatic carbocycles. The van der Waals surface area contributed by atoms with Gasteiger partial charge in [-0.1, -0.05) is 11.6 Å². The average molecular weight is 307 g/mol. The molecule has 8 heteroatoms. The van der Waals surface area contributed by atoms with E-state index >= 15 is 0 Å². The van der Waals surface area contributed by atoms with Crippen LogP contribution >= 0.6 is 11.6 Å². The van der Waals surface area contributed by atoms with Gasteiger partial charge in [-0.2, -0.15) is 0 Å². The number of nitrogens with one attached hydrogen (secondary N) is 2. The molecular weight excluding hydrogens is 294 g/mol. The van der Waals surface area contributed by atoms with E-state index in [0.29, 0.717) is 6.07 Å². The van der Waals surface area contributed by atoms with Gasteiger partial charge in [-0.15, -0.1) is 0 Å². The summed E-state index contributed by atoms with van der Waals surface area (Å²) in [4.78, 5) is 22.4. The van der Waals surface area contributed by atoms with Gasteiger partial charge >= 0.3 is 12.0 Å². The predicted octanol–water partition coefficient (Wildman–Crippen LogP) is 2.85. The summed E-state index contributed by atoms with van der Waals surface area (Å²) in [5.41, 5.74) is -1.55. The van der Waals surface area contributed by atoms with E-state index < -0.39 is 29.0 Å². The molecule has 0 aliphatic rings. The van der Waals surface area contributed by atoms with Crippen LogP contribution in [0.5, 0.6) is 0 Å². The third-order valence-corrected chi connectivity index (χ3v) is 2.81. The Balaban J connectivity index is 2.71. The molecule has 2 amide bonds. The van der Waals surface area contributed by atoms with Gasteiger partial charge in [0.05, 0.1) is 16.1 Å². The molecule has 0 bridgehead atoms. The van der Waals surface area contributed by atoms with E-state index in [0.717, 1.165) is 6.07 Å². The number of hydrogen-bond acceptors (Lipinski definition) is 2. The summed E-state index contributed by atoms with van der Waals surface area (Å²) < 4.78 is 26.2. The molecule has 1 rings (SSSR count). The van der Waals surface area contributed by atoms with E-state index in [1.54, 1.807) is 0 Å². The maximum atomic E-state index is 13.4. The standard InChI is InChI=1S/C12H13ClF2N2O3/c1-12(2,10(18)19)5-16-11(20)17-9-7(13)3-6(14)4-8(9)15/h3-4H,5H2,1-2H3,(H,18,19)(H2,16,17,20). The predicted molar refractivity (Wildman–Crippen MR) is 69.8 cm³/mol. The lowest BCUT2D eigenvalue weighted by molar-refractivity contribution is -0.146. The molecule has 110 valence electrons. The molecule has 0 heterocycles. The summed E-state index contributed by atoms with van der Waals surface area (Å²) in [5, 5.41) is 12.9. The number of carbonyl (C=O) groups excluding carboxylic acids is 1. The number of aliphatic carboxylic acids is 1. The second-order valence-electron chi connectivity index (χ2n) is 4.74. The first-order chi connectivity index (χ1) is 9.13. The van der Waals surface area contributed by atoms with E-state index in [1.165, 1.54) is 13.8 Å². The molecule has 0 spiro atoms. The number of anilines is 1. The van der Waals surface area contributed by atoms with Crippen LogP contribution in [0, 0.1) is 17.0 Å². The SMILES string of the molecule is CC(C)(CNC(=O)Nc1c(F)cc(F)cc1Cl)C(=O)O. The minimum Gasteiger partial charge on any atom is -0.481 e. The number of carboxylic acids is 1. The number of amides is 2. The van der Waals surface area contributed by atoms with Gasteiger partial charge in [0.1, 0.15) is 5.82 Å². The molecule has 1 aromatic rings. The lowest BCUT2D eigenvalue weighted by atomic mass is 9.94. The van der Waals surface area contributed by atoms with Crippen molar-refractivity contribution in [2.24, 2.45) is 5.41 Å². The summed E-state index contributed by atoms with van der Waals surface area (Å²) in [7, 11) is 0. The monoisotopic (exact) mass is 306 g/mol. The van der Waals surface area contributed by atoms with E-state index in [1.807, 2.05) is 0 Å². The second kappa shape index (κ2) is 6.04. The molecule has 0 aliphatic heterocycles. The fourth-order valence-electron chi connectivity index (χ4n) is 1.20. The maximum absolute atomic E-state index is 13.4. The quantitative estimate of drug-likeness (QED) is 0.800. The molecule has 20 heavy (non-hydrogen) atoms. The number of benzene rings is 1. The molecule has 0 fully saturated rings. The van der Waals surface area contributed by atoms with Gasteiger partial charge < -0.3 is 15.7 Å². The van der Waals surface area contributed by atoms with Crippen molar-refractivity contribution in [2.45, 2.75) is 13.8 Å². The number of carboxylic acid groups (broad SMARTS) is 1. The largest absolute Gasteiger partial charge is 0.481 e. The first-order valence-electron chi connectivity index (χ1n) is 5.56. The van der Waals surface area contributed by atoms with Crippen LogP contribution < -0.4 is 10.6 Å². The topological polar surface area (TPSA) is 78.4 Å². The molecule has 5 nitrogen and oxygen atoms in total. The highest BCUT2D eigenvalue weighted by molar-refractivity contribution is 6.33. The second-order valence-corrected chi connectivity index (χ2v) is 5.15. The highest BCUT2D eigenvalue weighted by Crippen LogP contribution is 2.26. The van der Waals surface area contributed by atoms with Crippen LogP contribution in [0.4, 0.5) is 19.3 Å². The maximum Gasteiger partial charge on any atom is 0.319 e. The third kappa shape index (κ3) is 4.06. The molecule has 0 atom stereocenters. The molecular formula is C12H13ClF2N2O3. The zero-order chi connectivity index (χ0) is 15.5. The zero-order valence-corrected chi connectivity index (χ0v) is 11.5. The van der Waals surface area contributed by atoms with Crippen molar-refractivity contribution in [3.05, 3.63) is 28.8 Å². The Hall–Kier alpha value is -1.89. The van der Waals surface area contributed by atoms with E-state index in [-0.39, 0.29) is 17.3 Å². The molecule has 0 radical (unpaired) electrons. The number of carbonyl (C=O) groups is 2. The van der Waals surface area contributed by atoms with Crippen molar-refractivity contribution < 1.29 is 23.5 Å². The van der Waals surface area contributed by atoms with Gasteiger partial charge in [0.25, 0.3) is 0 Å². The number of halogens is 3. The third-order valence-electron chi connectivity index (χ3n) is 2.52. The normalized spacial score (nSPS) is 11.1. The summed E-state index contributed by atoms with van der Waals surface area (Å²) in [6.07, 6.45) is 0. The lowest BCUT2D eigenvalue weighted by Crippen LogP contribution is -2.40. The highest BCUT2D eigenvalue weighted by atomic mass is 35.5. The van der Waals surface area contributed by atoms with Crippen LogP contribution in [0.25, 0.3) is 0 Å².